The Morgan fingerprint density at radius 1 is 1.12 bits per heavy atom. The molecule has 26 heavy (non-hydrogen) atoms. The third-order valence-corrected chi connectivity index (χ3v) is 3.61. The molecule has 0 aliphatic carbocycles. The predicted molar refractivity (Wildman–Crippen MR) is 112 cm³/mol. The number of hydrogen-bond donors (Lipinski definition) is 4. The lowest BCUT2D eigenvalue weighted by molar-refractivity contribution is 0.0972. The van der Waals surface area contributed by atoms with Crippen molar-refractivity contribution in [2.45, 2.75) is 46.0 Å². The molecule has 0 aromatic carbocycles. The van der Waals surface area contributed by atoms with E-state index in [9.17, 15) is 4.79 Å². The highest BCUT2D eigenvalue weighted by atomic mass is 35.5. The zero-order valence-corrected chi connectivity index (χ0v) is 17.4. The average molecular weight is 429 g/mol. The van der Waals surface area contributed by atoms with Crippen LogP contribution in [0, 0.1) is 5.92 Å². The van der Waals surface area contributed by atoms with Gasteiger partial charge in [-0.05, 0) is 12.3 Å². The van der Waals surface area contributed by atoms with Crippen LogP contribution in [0.5, 0.6) is 0 Å². The maximum atomic E-state index is 12.0. The zero-order valence-electron chi connectivity index (χ0n) is 15.0. The molecule has 0 spiro atoms. The molecule has 0 aliphatic heterocycles. The van der Waals surface area contributed by atoms with Gasteiger partial charge >= 0.3 is 0 Å². The number of halogens is 3. The smallest absolute Gasteiger partial charge is 0.280 e. The van der Waals surface area contributed by atoms with Gasteiger partial charge in [0.1, 0.15) is 0 Å². The van der Waals surface area contributed by atoms with Gasteiger partial charge in [0.15, 0.2) is 28.4 Å². The van der Waals surface area contributed by atoms with Crippen LogP contribution >= 0.6 is 36.4 Å². The second-order valence-electron chi connectivity index (χ2n) is 5.95. The van der Waals surface area contributed by atoms with Gasteiger partial charge in [-0.25, -0.2) is 9.97 Å². The van der Waals surface area contributed by atoms with Crippen molar-refractivity contribution in [1.82, 2.24) is 15.3 Å². The van der Waals surface area contributed by atoms with Crippen LogP contribution in [0.15, 0.2) is 4.99 Å². The number of rotatable bonds is 8. The third-order valence-electron chi connectivity index (χ3n) is 3.33. The van der Waals surface area contributed by atoms with Gasteiger partial charge in [0.2, 0.25) is 0 Å². The van der Waals surface area contributed by atoms with Crippen molar-refractivity contribution < 1.29 is 4.79 Å². The number of aromatic nitrogens is 2. The number of nitrogens with two attached hydrogens (primary N) is 3. The first-order chi connectivity index (χ1) is 11.3. The molecule has 0 fully saturated rings. The number of nitrogens with one attached hydrogen (secondary N) is 1. The molecule has 0 aliphatic rings. The molecule has 11 heteroatoms. The van der Waals surface area contributed by atoms with Crippen LogP contribution in [0.4, 0.5) is 11.6 Å². The average Bonchev–Trinajstić information content (AvgIpc) is 2.49. The fraction of sp³-hybridized carbons (Fsp3) is 0.600. The summed E-state index contributed by atoms with van der Waals surface area (Å²) in [6.45, 7) is 5.00. The van der Waals surface area contributed by atoms with Crippen molar-refractivity contribution in [3.05, 3.63) is 10.8 Å². The highest BCUT2D eigenvalue weighted by Gasteiger charge is 2.16. The molecule has 1 aromatic rings. The molecule has 0 unspecified atom stereocenters. The van der Waals surface area contributed by atoms with Crippen molar-refractivity contribution in [3.8, 4) is 0 Å². The number of unbranched alkanes of at least 4 members (excludes halogenated alkanes) is 3. The Kier molecular flexibility index (Phi) is 14.0. The van der Waals surface area contributed by atoms with Gasteiger partial charge in [-0.1, -0.05) is 51.1 Å². The molecule has 0 bridgehead atoms. The van der Waals surface area contributed by atoms with Crippen LogP contribution in [-0.2, 0) is 0 Å². The lowest BCUT2D eigenvalue weighted by atomic mass is 10.0. The SMILES string of the molecule is CC(C)CCCCCCN=C(N)NC(=O)c1nc(Cl)c(N)nc1N.Cl.Cl. The number of nitrogen functional groups attached to an aromatic ring is 2. The number of aliphatic imine (C=N–C) groups is 1. The van der Waals surface area contributed by atoms with Crippen LogP contribution in [0.25, 0.3) is 0 Å². The summed E-state index contributed by atoms with van der Waals surface area (Å²) >= 11 is 5.73. The number of hydrogen-bond acceptors (Lipinski definition) is 6. The molecule has 1 amide bonds. The monoisotopic (exact) mass is 427 g/mol. The summed E-state index contributed by atoms with van der Waals surface area (Å²) in [6.07, 6.45) is 5.65. The first kappa shape index (κ1) is 26.7. The minimum atomic E-state index is -0.625. The van der Waals surface area contributed by atoms with Crippen molar-refractivity contribution >= 4 is 59.9 Å². The van der Waals surface area contributed by atoms with E-state index in [1.54, 1.807) is 0 Å². The third kappa shape index (κ3) is 9.84. The van der Waals surface area contributed by atoms with E-state index < -0.39 is 5.91 Å². The van der Waals surface area contributed by atoms with Crippen molar-refractivity contribution in [2.24, 2.45) is 16.6 Å². The molecule has 150 valence electrons. The lowest BCUT2D eigenvalue weighted by Gasteiger charge is -2.07. The summed E-state index contributed by atoms with van der Waals surface area (Å²) in [6, 6.07) is 0. The first-order valence-electron chi connectivity index (χ1n) is 8.01. The van der Waals surface area contributed by atoms with Crippen LogP contribution in [0.1, 0.15) is 56.4 Å². The maximum absolute atomic E-state index is 12.0. The van der Waals surface area contributed by atoms with Gasteiger partial charge in [0, 0.05) is 6.54 Å². The Hall–Kier alpha value is -1.51. The summed E-state index contributed by atoms with van der Waals surface area (Å²) in [4.78, 5) is 23.7. The largest absolute Gasteiger partial charge is 0.382 e. The van der Waals surface area contributed by atoms with E-state index in [4.69, 9.17) is 28.8 Å². The number of guanidine groups is 1. The molecule has 1 rings (SSSR count). The van der Waals surface area contributed by atoms with Crippen LogP contribution in [0.2, 0.25) is 5.15 Å². The standard InChI is InChI=1S/C15H26ClN7O.2ClH/c1-9(2)7-5-3-4-6-8-20-15(19)23-14(24)10-12(17)22-13(18)11(16)21-10;;/h9H,3-8H2,1-2H3,(H4,17,18,22)(H3,19,20,23,24);2*1H. The lowest BCUT2D eigenvalue weighted by Crippen LogP contribution is -2.38. The molecule has 0 atom stereocenters. The van der Waals surface area contributed by atoms with E-state index >= 15 is 0 Å². The molecular weight excluding hydrogens is 401 g/mol. The minimum absolute atomic E-state index is 0. The molecule has 0 saturated carbocycles. The second-order valence-corrected chi connectivity index (χ2v) is 6.31. The van der Waals surface area contributed by atoms with Gasteiger partial charge in [-0.3, -0.25) is 15.1 Å². The maximum Gasteiger partial charge on any atom is 0.280 e. The molecule has 7 N–H and O–H groups in total. The molecule has 0 radical (unpaired) electrons. The van der Waals surface area contributed by atoms with Crippen molar-refractivity contribution in [1.29, 1.82) is 0 Å². The highest BCUT2D eigenvalue weighted by molar-refractivity contribution is 6.31. The highest BCUT2D eigenvalue weighted by Crippen LogP contribution is 2.17. The van der Waals surface area contributed by atoms with E-state index in [0.717, 1.165) is 18.8 Å². The first-order valence-corrected chi connectivity index (χ1v) is 8.38. The summed E-state index contributed by atoms with van der Waals surface area (Å²) < 4.78 is 0. The fourth-order valence-corrected chi connectivity index (χ4v) is 2.17. The van der Waals surface area contributed by atoms with Gasteiger partial charge in [-0.15, -0.1) is 24.8 Å². The molecular formula is C15H28Cl3N7O. The van der Waals surface area contributed by atoms with E-state index in [2.05, 4.69) is 34.1 Å². The summed E-state index contributed by atoms with van der Waals surface area (Å²) in [5, 5.41) is 2.32. The van der Waals surface area contributed by atoms with E-state index in [1.807, 2.05) is 0 Å². The molecule has 1 aromatic heterocycles. The van der Waals surface area contributed by atoms with Crippen LogP contribution < -0.4 is 22.5 Å². The minimum Gasteiger partial charge on any atom is -0.382 e. The second kappa shape index (κ2) is 13.7. The number of anilines is 2. The topological polar surface area (TPSA) is 145 Å². The fourth-order valence-electron chi connectivity index (χ4n) is 2.04. The van der Waals surface area contributed by atoms with Crippen LogP contribution in [-0.4, -0.2) is 28.4 Å². The Bertz CT molecular complexity index is 597. The predicted octanol–water partition coefficient (Wildman–Crippen LogP) is 2.79. The number of nitrogens with zero attached hydrogens (tertiary/aromatic N) is 3. The van der Waals surface area contributed by atoms with E-state index in [0.29, 0.717) is 6.54 Å². The zero-order chi connectivity index (χ0) is 18.1. The Morgan fingerprint density at radius 2 is 1.73 bits per heavy atom. The van der Waals surface area contributed by atoms with E-state index in [1.165, 1.54) is 19.3 Å². The molecule has 1 heterocycles. The quantitative estimate of drug-likeness (QED) is 0.284. The van der Waals surface area contributed by atoms with Gasteiger partial charge in [-0.2, -0.15) is 0 Å². The Labute approximate surface area is 171 Å². The van der Waals surface area contributed by atoms with Gasteiger partial charge in [0.05, 0.1) is 0 Å². The van der Waals surface area contributed by atoms with E-state index in [-0.39, 0.29) is 53.3 Å². The molecule has 0 saturated heterocycles. The molecule has 8 nitrogen and oxygen atoms in total. The summed E-state index contributed by atoms with van der Waals surface area (Å²) in [5.74, 6) is -0.0279. The van der Waals surface area contributed by atoms with Crippen molar-refractivity contribution in [2.75, 3.05) is 18.0 Å². The summed E-state index contributed by atoms with van der Waals surface area (Å²) in [7, 11) is 0. The number of amides is 1. The number of carbonyl (C=O) groups excluding carboxylic acids is 1. The van der Waals surface area contributed by atoms with Crippen LogP contribution in [0.3, 0.4) is 0 Å². The van der Waals surface area contributed by atoms with Gasteiger partial charge in [0.25, 0.3) is 5.91 Å². The van der Waals surface area contributed by atoms with Gasteiger partial charge < -0.3 is 17.2 Å². The summed E-state index contributed by atoms with van der Waals surface area (Å²) in [5.41, 5.74) is 16.6. The normalized spacial score (nSPS) is 10.8. The Morgan fingerprint density at radius 3 is 2.35 bits per heavy atom. The Balaban J connectivity index is 0. The number of carbonyl (C=O) groups is 1. The van der Waals surface area contributed by atoms with Crippen molar-refractivity contribution in [3.63, 3.8) is 0 Å².